The van der Waals surface area contributed by atoms with E-state index in [9.17, 15) is 14.4 Å². The summed E-state index contributed by atoms with van der Waals surface area (Å²) in [5.41, 5.74) is -0.172. The van der Waals surface area contributed by atoms with Gasteiger partial charge in [-0.3, -0.25) is 14.5 Å². The van der Waals surface area contributed by atoms with Gasteiger partial charge >= 0.3 is 6.03 Å². The van der Waals surface area contributed by atoms with E-state index in [2.05, 4.69) is 10.6 Å². The second-order valence-corrected chi connectivity index (χ2v) is 9.09. The number of rotatable bonds is 6. The van der Waals surface area contributed by atoms with Crippen molar-refractivity contribution in [2.45, 2.75) is 22.3 Å². The second-order valence-electron chi connectivity index (χ2n) is 7.97. The molecule has 3 aromatic carbocycles. The van der Waals surface area contributed by atoms with Crippen LogP contribution in [0.2, 0.25) is 0 Å². The number of urea groups is 1. The molecule has 1 fully saturated rings. The van der Waals surface area contributed by atoms with Gasteiger partial charge in [0.25, 0.3) is 5.91 Å². The minimum absolute atomic E-state index is 0.103. The molecule has 2 aliphatic rings. The van der Waals surface area contributed by atoms with Crippen LogP contribution >= 0.6 is 11.8 Å². The minimum Gasteiger partial charge on any atom is -0.454 e. The van der Waals surface area contributed by atoms with Crippen molar-refractivity contribution in [3.63, 3.8) is 0 Å². The molecule has 3 aromatic rings. The summed E-state index contributed by atoms with van der Waals surface area (Å²) >= 11 is 1.51. The van der Waals surface area contributed by atoms with Crippen LogP contribution in [0.4, 0.5) is 10.5 Å². The van der Waals surface area contributed by atoms with Crippen molar-refractivity contribution in [3.05, 3.63) is 78.4 Å². The number of fused-ring (bicyclic) bond motifs is 1. The molecule has 172 valence electrons. The predicted molar refractivity (Wildman–Crippen MR) is 126 cm³/mol. The molecule has 34 heavy (non-hydrogen) atoms. The molecule has 2 heterocycles. The third-order valence-electron chi connectivity index (χ3n) is 5.66. The zero-order chi connectivity index (χ0) is 23.7. The van der Waals surface area contributed by atoms with Crippen LogP contribution in [-0.4, -0.2) is 36.1 Å². The van der Waals surface area contributed by atoms with Gasteiger partial charge in [-0.25, -0.2) is 4.79 Å². The van der Waals surface area contributed by atoms with E-state index in [0.29, 0.717) is 22.7 Å². The highest BCUT2D eigenvalue weighted by Crippen LogP contribution is 2.38. The summed E-state index contributed by atoms with van der Waals surface area (Å²) in [7, 11) is 0. The fourth-order valence-electron chi connectivity index (χ4n) is 3.85. The third-order valence-corrected chi connectivity index (χ3v) is 6.74. The Morgan fingerprint density at radius 3 is 2.59 bits per heavy atom. The maximum absolute atomic E-state index is 13.2. The monoisotopic (exact) mass is 475 g/mol. The van der Waals surface area contributed by atoms with E-state index >= 15 is 0 Å². The molecule has 9 heteroatoms. The third kappa shape index (κ3) is 4.06. The van der Waals surface area contributed by atoms with Gasteiger partial charge in [-0.1, -0.05) is 48.2 Å². The Labute approximate surface area is 200 Å². The molecule has 0 radical (unpaired) electrons. The molecule has 0 spiro atoms. The maximum Gasteiger partial charge on any atom is 0.325 e. The lowest BCUT2D eigenvalue weighted by Gasteiger charge is -2.22. The van der Waals surface area contributed by atoms with Crippen LogP contribution < -0.4 is 20.1 Å². The van der Waals surface area contributed by atoms with Gasteiger partial charge in [-0.05, 0) is 48.9 Å². The van der Waals surface area contributed by atoms with Crippen molar-refractivity contribution in [1.29, 1.82) is 0 Å². The molecular formula is C25H21N3O5S. The topological polar surface area (TPSA) is 97.0 Å². The molecule has 0 bridgehead atoms. The number of ether oxygens (including phenoxy) is 2. The van der Waals surface area contributed by atoms with Crippen molar-refractivity contribution >= 4 is 35.3 Å². The summed E-state index contributed by atoms with van der Waals surface area (Å²) in [4.78, 5) is 41.5. The zero-order valence-corrected chi connectivity index (χ0v) is 19.1. The van der Waals surface area contributed by atoms with Crippen molar-refractivity contribution in [1.82, 2.24) is 10.2 Å². The number of imide groups is 1. The number of nitrogens with zero attached hydrogens (tertiary/aromatic N) is 1. The predicted octanol–water partition coefficient (Wildman–Crippen LogP) is 3.97. The fraction of sp³-hybridized carbons (Fsp3) is 0.160. The van der Waals surface area contributed by atoms with Gasteiger partial charge < -0.3 is 20.1 Å². The van der Waals surface area contributed by atoms with Gasteiger partial charge in [0.05, 0.1) is 5.69 Å². The molecular weight excluding hydrogens is 454 g/mol. The van der Waals surface area contributed by atoms with Crippen LogP contribution in [0.1, 0.15) is 12.5 Å². The van der Waals surface area contributed by atoms with E-state index in [-0.39, 0.29) is 6.79 Å². The van der Waals surface area contributed by atoms with Gasteiger partial charge in [0.1, 0.15) is 12.1 Å². The summed E-state index contributed by atoms with van der Waals surface area (Å²) in [6.07, 6.45) is 0. The second kappa shape index (κ2) is 8.75. The van der Waals surface area contributed by atoms with Gasteiger partial charge in [0.15, 0.2) is 11.5 Å². The number of carbonyl (C=O) groups excluding carboxylic acids is 3. The molecule has 2 aliphatic heterocycles. The molecule has 1 unspecified atom stereocenters. The molecule has 1 atom stereocenters. The quantitative estimate of drug-likeness (QED) is 0.524. The van der Waals surface area contributed by atoms with Crippen LogP contribution in [-0.2, 0) is 15.1 Å². The van der Waals surface area contributed by atoms with Crippen LogP contribution in [0.25, 0.3) is 0 Å². The number of para-hydroxylation sites is 1. The summed E-state index contributed by atoms with van der Waals surface area (Å²) in [6.45, 7) is 1.30. The highest BCUT2D eigenvalue weighted by molar-refractivity contribution is 7.99. The Morgan fingerprint density at radius 1 is 1.03 bits per heavy atom. The highest BCUT2D eigenvalue weighted by Gasteiger charge is 2.49. The summed E-state index contributed by atoms with van der Waals surface area (Å²) in [5.74, 6) is 0.0925. The van der Waals surface area contributed by atoms with Crippen LogP contribution in [0.15, 0.2) is 82.6 Å². The lowest BCUT2D eigenvalue weighted by atomic mass is 9.91. The average Bonchev–Trinajstić information content (AvgIpc) is 3.39. The average molecular weight is 476 g/mol. The Balaban J connectivity index is 1.30. The fourth-order valence-corrected chi connectivity index (χ4v) is 4.77. The molecule has 1 saturated heterocycles. The first-order valence-corrected chi connectivity index (χ1v) is 11.4. The van der Waals surface area contributed by atoms with Crippen molar-refractivity contribution < 1.29 is 23.9 Å². The standard InChI is InChI=1S/C25H21N3O5S/c1-25(16-11-12-19-20(13-16)33-15-32-19)23(30)28(24(31)27-25)14-22(29)26-18-9-5-6-10-21(18)34-17-7-3-2-4-8-17/h2-13H,14-15H2,1H3,(H,26,29)(H,27,31). The first kappa shape index (κ1) is 21.8. The number of anilines is 1. The highest BCUT2D eigenvalue weighted by atomic mass is 32.2. The SMILES string of the molecule is CC1(c2ccc3c(c2)OCO3)NC(=O)N(CC(=O)Nc2ccccc2Sc2ccccc2)C1=O. The summed E-state index contributed by atoms with van der Waals surface area (Å²) < 4.78 is 10.7. The number of hydrogen-bond donors (Lipinski definition) is 2. The van der Waals surface area contributed by atoms with Gasteiger partial charge in [-0.15, -0.1) is 0 Å². The molecule has 4 amide bonds. The smallest absolute Gasteiger partial charge is 0.325 e. The van der Waals surface area contributed by atoms with Gasteiger partial charge in [-0.2, -0.15) is 0 Å². The number of carbonyl (C=O) groups is 3. The first-order chi connectivity index (χ1) is 16.4. The van der Waals surface area contributed by atoms with E-state index < -0.39 is 29.9 Å². The van der Waals surface area contributed by atoms with E-state index in [0.717, 1.165) is 14.7 Å². The number of hydrogen-bond acceptors (Lipinski definition) is 6. The zero-order valence-electron chi connectivity index (χ0n) is 18.2. The number of amides is 4. The van der Waals surface area contributed by atoms with Crippen molar-refractivity contribution in [3.8, 4) is 11.5 Å². The van der Waals surface area contributed by atoms with Crippen LogP contribution in [0.5, 0.6) is 11.5 Å². The van der Waals surface area contributed by atoms with Crippen LogP contribution in [0.3, 0.4) is 0 Å². The first-order valence-electron chi connectivity index (χ1n) is 10.6. The van der Waals surface area contributed by atoms with E-state index in [1.54, 1.807) is 31.2 Å². The van der Waals surface area contributed by atoms with Crippen molar-refractivity contribution in [2.24, 2.45) is 0 Å². The maximum atomic E-state index is 13.2. The van der Waals surface area contributed by atoms with E-state index in [1.807, 2.05) is 48.5 Å². The Morgan fingerprint density at radius 2 is 1.76 bits per heavy atom. The lowest BCUT2D eigenvalue weighted by molar-refractivity contribution is -0.133. The number of benzene rings is 3. The lowest BCUT2D eigenvalue weighted by Crippen LogP contribution is -2.42. The molecule has 5 rings (SSSR count). The van der Waals surface area contributed by atoms with Crippen LogP contribution in [0, 0.1) is 0 Å². The van der Waals surface area contributed by atoms with E-state index in [1.165, 1.54) is 11.8 Å². The normalized spacial score (nSPS) is 18.7. The largest absolute Gasteiger partial charge is 0.454 e. The number of nitrogens with one attached hydrogen (secondary N) is 2. The summed E-state index contributed by atoms with van der Waals surface area (Å²) in [5, 5.41) is 5.54. The molecule has 0 aliphatic carbocycles. The minimum atomic E-state index is -1.32. The molecule has 0 saturated carbocycles. The van der Waals surface area contributed by atoms with Gasteiger partial charge in [0, 0.05) is 9.79 Å². The Hall–Kier alpha value is -3.98. The van der Waals surface area contributed by atoms with Crippen molar-refractivity contribution in [2.75, 3.05) is 18.7 Å². The summed E-state index contributed by atoms with van der Waals surface area (Å²) in [6, 6.07) is 21.6. The van der Waals surface area contributed by atoms with Gasteiger partial charge in [0.2, 0.25) is 12.7 Å². The Kier molecular flexibility index (Phi) is 5.62. The molecule has 8 nitrogen and oxygen atoms in total. The molecule has 2 N–H and O–H groups in total. The Bertz CT molecular complexity index is 1280. The molecule has 0 aromatic heterocycles. The van der Waals surface area contributed by atoms with E-state index in [4.69, 9.17) is 9.47 Å².